The molecule has 1 N–H and O–H groups in total. The summed E-state index contributed by atoms with van der Waals surface area (Å²) < 4.78 is 7.57. The lowest BCUT2D eigenvalue weighted by Crippen LogP contribution is -2.20. The minimum absolute atomic E-state index is 0.0236. The second-order valence-corrected chi connectivity index (χ2v) is 6.72. The Bertz CT molecular complexity index is 961. The minimum atomic E-state index is -0.485. The Hall–Kier alpha value is -3.35. The summed E-state index contributed by atoms with van der Waals surface area (Å²) in [5.41, 5.74) is 1.80. The van der Waals surface area contributed by atoms with Gasteiger partial charge in [0.2, 0.25) is 0 Å². The Labute approximate surface area is 156 Å². The van der Waals surface area contributed by atoms with Gasteiger partial charge < -0.3 is 14.6 Å². The minimum Gasteiger partial charge on any atom is -0.484 e. The lowest BCUT2D eigenvalue weighted by molar-refractivity contribution is -0.384. The van der Waals surface area contributed by atoms with E-state index in [1.54, 1.807) is 0 Å². The second kappa shape index (κ2) is 7.90. The summed E-state index contributed by atoms with van der Waals surface area (Å²) in [7, 11) is 0. The van der Waals surface area contributed by atoms with Crippen molar-refractivity contribution in [2.45, 2.75) is 20.4 Å². The van der Waals surface area contributed by atoms with Gasteiger partial charge in [0, 0.05) is 41.5 Å². The summed E-state index contributed by atoms with van der Waals surface area (Å²) in [5.74, 6) is 0.655. The number of nitro benzene ring substituents is 1. The van der Waals surface area contributed by atoms with E-state index in [1.165, 1.54) is 24.3 Å². The number of nitrogens with one attached hydrogen (secondary N) is 1. The van der Waals surface area contributed by atoms with Crippen LogP contribution in [0.4, 0.5) is 11.4 Å². The monoisotopic (exact) mass is 367 g/mol. The van der Waals surface area contributed by atoms with Crippen LogP contribution in [0, 0.1) is 16.0 Å². The Balaban J connectivity index is 1.59. The van der Waals surface area contributed by atoms with Crippen molar-refractivity contribution in [1.29, 1.82) is 0 Å². The van der Waals surface area contributed by atoms with E-state index in [-0.39, 0.29) is 18.2 Å². The molecule has 7 heteroatoms. The van der Waals surface area contributed by atoms with Crippen LogP contribution in [0.2, 0.25) is 0 Å². The van der Waals surface area contributed by atoms with Crippen LogP contribution in [0.1, 0.15) is 13.8 Å². The van der Waals surface area contributed by atoms with Gasteiger partial charge in [0.05, 0.1) is 4.92 Å². The molecular formula is C20H21N3O4. The summed E-state index contributed by atoms with van der Waals surface area (Å²) in [6.45, 7) is 5.11. The van der Waals surface area contributed by atoms with Crippen molar-refractivity contribution in [3.63, 3.8) is 0 Å². The summed E-state index contributed by atoms with van der Waals surface area (Å²) in [5, 5.41) is 14.5. The lowest BCUT2D eigenvalue weighted by atomic mass is 10.2. The quantitative estimate of drug-likeness (QED) is 0.500. The van der Waals surface area contributed by atoms with Crippen LogP contribution in [-0.4, -0.2) is 22.0 Å². The van der Waals surface area contributed by atoms with Gasteiger partial charge in [-0.15, -0.1) is 0 Å². The molecule has 27 heavy (non-hydrogen) atoms. The molecule has 0 spiro atoms. The molecule has 140 valence electrons. The third-order valence-corrected chi connectivity index (χ3v) is 4.03. The highest BCUT2D eigenvalue weighted by Crippen LogP contribution is 2.22. The molecule has 0 bridgehead atoms. The van der Waals surface area contributed by atoms with Crippen LogP contribution in [0.25, 0.3) is 10.9 Å². The predicted octanol–water partition coefficient (Wildman–Crippen LogP) is 4.22. The molecule has 0 unspecified atom stereocenters. The number of carbonyl (C=O) groups is 1. The van der Waals surface area contributed by atoms with Gasteiger partial charge in [-0.2, -0.15) is 0 Å². The number of anilines is 1. The molecule has 0 fully saturated rings. The van der Waals surface area contributed by atoms with E-state index >= 15 is 0 Å². The number of nitrogens with zero attached hydrogens (tertiary/aromatic N) is 2. The molecule has 3 rings (SSSR count). The van der Waals surface area contributed by atoms with Crippen LogP contribution < -0.4 is 10.1 Å². The van der Waals surface area contributed by atoms with Gasteiger partial charge in [0.15, 0.2) is 6.61 Å². The lowest BCUT2D eigenvalue weighted by Gasteiger charge is -2.10. The first-order chi connectivity index (χ1) is 12.9. The highest BCUT2D eigenvalue weighted by atomic mass is 16.6. The number of aromatic nitrogens is 1. The van der Waals surface area contributed by atoms with Crippen LogP contribution in [-0.2, 0) is 11.3 Å². The zero-order valence-corrected chi connectivity index (χ0v) is 15.2. The third kappa shape index (κ3) is 4.63. The molecule has 0 radical (unpaired) electrons. The first kappa shape index (κ1) is 18.4. The number of non-ortho nitro benzene ring substituents is 1. The number of amides is 1. The normalized spacial score (nSPS) is 10.9. The van der Waals surface area contributed by atoms with Crippen molar-refractivity contribution in [1.82, 2.24) is 4.57 Å². The van der Waals surface area contributed by atoms with Gasteiger partial charge in [-0.25, -0.2) is 0 Å². The molecule has 0 saturated heterocycles. The molecule has 0 saturated carbocycles. The average Bonchev–Trinajstić information content (AvgIpc) is 3.02. The molecule has 3 aromatic rings. The first-order valence-corrected chi connectivity index (χ1v) is 8.68. The Morgan fingerprint density at radius 3 is 2.59 bits per heavy atom. The highest BCUT2D eigenvalue weighted by molar-refractivity contribution is 5.94. The van der Waals surface area contributed by atoms with E-state index in [4.69, 9.17) is 4.74 Å². The SMILES string of the molecule is CC(C)Cn1ccc2cc(NC(=O)COc3ccc([N+](=O)[O-])cc3)ccc21. The number of hydrogen-bond donors (Lipinski definition) is 1. The van der Waals surface area contributed by atoms with Crippen LogP contribution in [0.5, 0.6) is 5.75 Å². The summed E-state index contributed by atoms with van der Waals surface area (Å²) >= 11 is 0. The third-order valence-electron chi connectivity index (χ3n) is 4.03. The van der Waals surface area contributed by atoms with Crippen molar-refractivity contribution in [2.75, 3.05) is 11.9 Å². The maximum Gasteiger partial charge on any atom is 0.269 e. The summed E-state index contributed by atoms with van der Waals surface area (Å²) in [6, 6.07) is 13.4. The summed E-state index contributed by atoms with van der Waals surface area (Å²) in [6.07, 6.45) is 2.05. The fourth-order valence-corrected chi connectivity index (χ4v) is 2.84. The molecule has 1 aromatic heterocycles. The van der Waals surface area contributed by atoms with E-state index in [0.29, 0.717) is 17.4 Å². The number of benzene rings is 2. The molecule has 0 aliphatic heterocycles. The average molecular weight is 367 g/mol. The smallest absolute Gasteiger partial charge is 0.269 e. The van der Waals surface area contributed by atoms with Crippen molar-refractivity contribution in [3.8, 4) is 5.75 Å². The molecule has 7 nitrogen and oxygen atoms in total. The van der Waals surface area contributed by atoms with Gasteiger partial charge >= 0.3 is 0 Å². The summed E-state index contributed by atoms with van der Waals surface area (Å²) in [4.78, 5) is 22.2. The molecule has 1 amide bonds. The fourth-order valence-electron chi connectivity index (χ4n) is 2.84. The van der Waals surface area contributed by atoms with Gasteiger partial charge in [-0.05, 0) is 42.3 Å². The zero-order valence-electron chi connectivity index (χ0n) is 15.2. The maximum atomic E-state index is 12.1. The van der Waals surface area contributed by atoms with Gasteiger partial charge in [0.1, 0.15) is 5.75 Å². The number of ether oxygens (including phenoxy) is 1. The molecule has 0 aliphatic rings. The van der Waals surface area contributed by atoms with E-state index in [0.717, 1.165) is 17.4 Å². The fraction of sp³-hybridized carbons (Fsp3) is 0.250. The second-order valence-electron chi connectivity index (χ2n) is 6.72. The van der Waals surface area contributed by atoms with E-state index < -0.39 is 4.92 Å². The van der Waals surface area contributed by atoms with Crippen molar-refractivity contribution < 1.29 is 14.5 Å². The van der Waals surface area contributed by atoms with Crippen LogP contribution in [0.3, 0.4) is 0 Å². The number of fused-ring (bicyclic) bond motifs is 1. The van der Waals surface area contributed by atoms with Crippen molar-refractivity contribution in [2.24, 2.45) is 5.92 Å². The Morgan fingerprint density at radius 1 is 1.19 bits per heavy atom. The molecule has 2 aromatic carbocycles. The topological polar surface area (TPSA) is 86.4 Å². The number of hydrogen-bond acceptors (Lipinski definition) is 4. The highest BCUT2D eigenvalue weighted by Gasteiger charge is 2.08. The predicted molar refractivity (Wildman–Crippen MR) is 104 cm³/mol. The molecule has 1 heterocycles. The largest absolute Gasteiger partial charge is 0.484 e. The first-order valence-electron chi connectivity index (χ1n) is 8.68. The van der Waals surface area contributed by atoms with Crippen molar-refractivity contribution >= 4 is 28.2 Å². The Morgan fingerprint density at radius 2 is 1.93 bits per heavy atom. The molecule has 0 aliphatic carbocycles. The van der Waals surface area contributed by atoms with Gasteiger partial charge in [-0.1, -0.05) is 13.8 Å². The zero-order chi connectivity index (χ0) is 19.4. The number of nitro groups is 1. The Kier molecular flexibility index (Phi) is 5.40. The van der Waals surface area contributed by atoms with Gasteiger partial charge in [0.25, 0.3) is 11.6 Å². The molecular weight excluding hydrogens is 346 g/mol. The number of carbonyl (C=O) groups excluding carboxylic acids is 1. The van der Waals surface area contributed by atoms with Gasteiger partial charge in [-0.3, -0.25) is 14.9 Å². The van der Waals surface area contributed by atoms with E-state index in [9.17, 15) is 14.9 Å². The van der Waals surface area contributed by atoms with Crippen LogP contribution in [0.15, 0.2) is 54.7 Å². The van der Waals surface area contributed by atoms with Crippen molar-refractivity contribution in [3.05, 3.63) is 64.8 Å². The maximum absolute atomic E-state index is 12.1. The van der Waals surface area contributed by atoms with E-state index in [2.05, 4.69) is 23.7 Å². The molecule has 0 atom stereocenters. The number of rotatable bonds is 7. The standard InChI is InChI=1S/C20H21N3O4/c1-14(2)12-22-10-9-15-11-16(3-8-19(15)22)21-20(24)13-27-18-6-4-17(5-7-18)23(25)26/h3-11,14H,12-13H2,1-2H3,(H,21,24). The van der Waals surface area contributed by atoms with E-state index in [1.807, 2.05) is 30.5 Å². The van der Waals surface area contributed by atoms with Crippen LogP contribution >= 0.6 is 0 Å².